The number of amides is 1. The molecular weight excluding hydrogens is 453 g/mol. The first kappa shape index (κ1) is 21.9. The van der Waals surface area contributed by atoms with Crippen LogP contribution in [0.1, 0.15) is 44.8 Å². The lowest BCUT2D eigenvalue weighted by molar-refractivity contribution is -0.176. The number of halogens is 3. The van der Waals surface area contributed by atoms with E-state index in [-0.39, 0.29) is 30.3 Å². The number of pyridine rings is 1. The normalized spacial score (nSPS) is 20.6. The molecule has 0 bridgehead atoms. The van der Waals surface area contributed by atoms with Crippen molar-refractivity contribution in [2.24, 2.45) is 5.92 Å². The van der Waals surface area contributed by atoms with Crippen LogP contribution in [0.15, 0.2) is 35.5 Å². The van der Waals surface area contributed by atoms with Gasteiger partial charge in [-0.05, 0) is 56.9 Å². The SMILES string of the molecule is Cc1cn(-c2ccc3n(c2=O)C[C@@H](C)N(Cc2cc4c(s2)CCC(C(F)(F)F)C4)C3=O)cn1. The molecule has 1 amide bonds. The van der Waals surface area contributed by atoms with Gasteiger partial charge in [0.2, 0.25) is 0 Å². The maximum atomic E-state index is 13.3. The fourth-order valence-electron chi connectivity index (χ4n) is 4.73. The molecule has 0 saturated carbocycles. The summed E-state index contributed by atoms with van der Waals surface area (Å²) in [7, 11) is 0. The molecule has 3 aromatic heterocycles. The Balaban J connectivity index is 1.40. The van der Waals surface area contributed by atoms with E-state index >= 15 is 0 Å². The molecule has 2 atom stereocenters. The molecule has 10 heteroatoms. The second-order valence-corrected chi connectivity index (χ2v) is 10.1. The van der Waals surface area contributed by atoms with Crippen LogP contribution in [-0.2, 0) is 25.9 Å². The molecule has 3 aromatic rings. The van der Waals surface area contributed by atoms with Gasteiger partial charge in [0.25, 0.3) is 11.5 Å². The largest absolute Gasteiger partial charge is 0.392 e. The summed E-state index contributed by atoms with van der Waals surface area (Å²) in [6, 6.07) is 4.87. The minimum Gasteiger partial charge on any atom is -0.328 e. The number of fused-ring (bicyclic) bond motifs is 2. The molecule has 2 aliphatic rings. The molecule has 1 aliphatic heterocycles. The molecule has 0 aromatic carbocycles. The van der Waals surface area contributed by atoms with Crippen LogP contribution in [0.2, 0.25) is 0 Å². The lowest BCUT2D eigenvalue weighted by Gasteiger charge is -2.35. The molecule has 1 unspecified atom stereocenters. The number of rotatable bonds is 3. The summed E-state index contributed by atoms with van der Waals surface area (Å²) in [4.78, 5) is 34.1. The van der Waals surface area contributed by atoms with Crippen LogP contribution in [0.4, 0.5) is 13.2 Å². The number of nitrogens with zero attached hydrogens (tertiary/aromatic N) is 4. The Bertz CT molecular complexity index is 1290. The van der Waals surface area contributed by atoms with E-state index in [1.165, 1.54) is 15.9 Å². The van der Waals surface area contributed by atoms with Crippen molar-refractivity contribution < 1.29 is 18.0 Å². The first-order valence-corrected chi connectivity index (χ1v) is 11.7. The minimum atomic E-state index is -4.18. The van der Waals surface area contributed by atoms with E-state index in [0.29, 0.717) is 30.9 Å². The summed E-state index contributed by atoms with van der Waals surface area (Å²) >= 11 is 1.49. The summed E-state index contributed by atoms with van der Waals surface area (Å²) in [6.45, 7) is 4.39. The van der Waals surface area contributed by atoms with E-state index in [9.17, 15) is 22.8 Å². The molecule has 5 rings (SSSR count). The highest BCUT2D eigenvalue weighted by Gasteiger charge is 2.41. The zero-order chi connectivity index (χ0) is 23.5. The third kappa shape index (κ3) is 3.90. The van der Waals surface area contributed by atoms with Crippen molar-refractivity contribution in [2.45, 2.75) is 58.4 Å². The Labute approximate surface area is 192 Å². The van der Waals surface area contributed by atoms with Gasteiger partial charge in [-0.25, -0.2) is 4.98 Å². The van der Waals surface area contributed by atoms with Crippen LogP contribution >= 0.6 is 11.3 Å². The lowest BCUT2D eigenvalue weighted by Crippen LogP contribution is -2.49. The summed E-state index contributed by atoms with van der Waals surface area (Å²) < 4.78 is 42.6. The van der Waals surface area contributed by atoms with Gasteiger partial charge in [0.1, 0.15) is 11.4 Å². The van der Waals surface area contributed by atoms with Crippen molar-refractivity contribution in [1.29, 1.82) is 0 Å². The molecule has 1 aliphatic carbocycles. The third-order valence-electron chi connectivity index (χ3n) is 6.53. The van der Waals surface area contributed by atoms with Crippen LogP contribution in [0, 0.1) is 12.8 Å². The number of hydrogen-bond acceptors (Lipinski definition) is 4. The Morgan fingerprint density at radius 3 is 2.73 bits per heavy atom. The van der Waals surface area contributed by atoms with Crippen LogP contribution in [0.25, 0.3) is 5.69 Å². The van der Waals surface area contributed by atoms with Gasteiger partial charge in [-0.15, -0.1) is 11.3 Å². The molecule has 33 heavy (non-hydrogen) atoms. The van der Waals surface area contributed by atoms with Gasteiger partial charge >= 0.3 is 6.18 Å². The van der Waals surface area contributed by atoms with Gasteiger partial charge in [0.15, 0.2) is 0 Å². The van der Waals surface area contributed by atoms with Crippen molar-refractivity contribution in [3.05, 3.63) is 67.8 Å². The number of thiophene rings is 1. The zero-order valence-electron chi connectivity index (χ0n) is 18.2. The summed E-state index contributed by atoms with van der Waals surface area (Å²) in [5, 5.41) is 0. The topological polar surface area (TPSA) is 60.1 Å². The molecule has 0 N–H and O–H groups in total. The van der Waals surface area contributed by atoms with Crippen molar-refractivity contribution in [1.82, 2.24) is 19.0 Å². The number of carbonyl (C=O) groups is 1. The average Bonchev–Trinajstić information content (AvgIpc) is 3.36. The Morgan fingerprint density at radius 2 is 2.03 bits per heavy atom. The van der Waals surface area contributed by atoms with Crippen LogP contribution < -0.4 is 5.56 Å². The zero-order valence-corrected chi connectivity index (χ0v) is 19.0. The van der Waals surface area contributed by atoms with Gasteiger partial charge in [0, 0.05) is 28.5 Å². The van der Waals surface area contributed by atoms with Gasteiger partial charge in [0.05, 0.1) is 24.5 Å². The highest BCUT2D eigenvalue weighted by molar-refractivity contribution is 7.12. The van der Waals surface area contributed by atoms with E-state index in [2.05, 4.69) is 4.98 Å². The molecule has 0 spiro atoms. The smallest absolute Gasteiger partial charge is 0.328 e. The first-order valence-electron chi connectivity index (χ1n) is 10.8. The summed E-state index contributed by atoms with van der Waals surface area (Å²) in [5.41, 5.74) is 2.02. The number of alkyl halides is 3. The molecule has 0 saturated heterocycles. The Kier molecular flexibility index (Phi) is 5.23. The number of imidazole rings is 1. The molecule has 0 fully saturated rings. The fourth-order valence-corrected chi connectivity index (χ4v) is 5.95. The van der Waals surface area contributed by atoms with E-state index < -0.39 is 12.1 Å². The summed E-state index contributed by atoms with van der Waals surface area (Å²) in [6.07, 6.45) is -0.309. The van der Waals surface area contributed by atoms with Crippen molar-refractivity contribution in [3.63, 3.8) is 0 Å². The fraction of sp³-hybridized carbons (Fsp3) is 0.435. The highest BCUT2D eigenvalue weighted by Crippen LogP contribution is 2.40. The van der Waals surface area contributed by atoms with Crippen LogP contribution in [0.3, 0.4) is 0 Å². The number of aromatic nitrogens is 3. The van der Waals surface area contributed by atoms with E-state index in [1.54, 1.807) is 34.1 Å². The van der Waals surface area contributed by atoms with E-state index in [1.807, 2.05) is 19.9 Å². The third-order valence-corrected chi connectivity index (χ3v) is 7.75. The summed E-state index contributed by atoms with van der Waals surface area (Å²) in [5.74, 6) is -1.55. The number of carbonyl (C=O) groups excluding carboxylic acids is 1. The Hall–Kier alpha value is -2.88. The minimum absolute atomic E-state index is 0.00750. The second-order valence-electron chi connectivity index (χ2n) is 8.87. The monoisotopic (exact) mass is 476 g/mol. The number of hydrogen-bond donors (Lipinski definition) is 0. The van der Waals surface area contributed by atoms with Crippen molar-refractivity contribution >= 4 is 17.2 Å². The maximum absolute atomic E-state index is 13.3. The molecule has 6 nitrogen and oxygen atoms in total. The molecule has 174 valence electrons. The average molecular weight is 477 g/mol. The van der Waals surface area contributed by atoms with Gasteiger partial charge in [-0.1, -0.05) is 0 Å². The predicted molar refractivity (Wildman–Crippen MR) is 118 cm³/mol. The maximum Gasteiger partial charge on any atom is 0.392 e. The first-order chi connectivity index (χ1) is 15.6. The standard InChI is InChI=1S/C23H23F3N4O2S/c1-13-9-28(12-27-13)18-4-5-19-22(32)29(14(2)10-30(19)21(18)31)11-17-8-15-7-16(23(24,25)26)3-6-20(15)33-17/h4-5,8-9,12,14,16H,3,6-7,10-11H2,1-2H3/t14-,16?/m1/s1. The number of aryl methyl sites for hydroxylation is 2. The van der Waals surface area contributed by atoms with E-state index in [4.69, 9.17) is 0 Å². The quantitative estimate of drug-likeness (QED) is 0.572. The Morgan fingerprint density at radius 1 is 1.24 bits per heavy atom. The van der Waals surface area contributed by atoms with Gasteiger partial charge in [-0.2, -0.15) is 13.2 Å². The van der Waals surface area contributed by atoms with Crippen molar-refractivity contribution in [3.8, 4) is 5.69 Å². The van der Waals surface area contributed by atoms with Crippen LogP contribution in [-0.4, -0.2) is 37.1 Å². The molecule has 0 radical (unpaired) electrons. The second kappa shape index (κ2) is 7.86. The van der Waals surface area contributed by atoms with Crippen molar-refractivity contribution in [2.75, 3.05) is 0 Å². The van der Waals surface area contributed by atoms with Crippen LogP contribution in [0.5, 0.6) is 0 Å². The molecular formula is C23H23F3N4O2S. The molecule has 4 heterocycles. The van der Waals surface area contributed by atoms with Gasteiger partial charge in [-0.3, -0.25) is 9.59 Å². The van der Waals surface area contributed by atoms with Gasteiger partial charge < -0.3 is 14.0 Å². The van der Waals surface area contributed by atoms with E-state index in [0.717, 1.165) is 21.0 Å². The predicted octanol–water partition coefficient (Wildman–Crippen LogP) is 4.12. The lowest BCUT2D eigenvalue weighted by atomic mass is 9.88. The highest BCUT2D eigenvalue weighted by atomic mass is 32.1.